The molecule has 0 saturated heterocycles. The summed E-state index contributed by atoms with van der Waals surface area (Å²) in [5.41, 5.74) is -0.346. The lowest BCUT2D eigenvalue weighted by molar-refractivity contribution is 0.0951. The molecule has 1 N–H and O–H groups in total. The molecule has 0 aromatic heterocycles. The average molecular weight is 289 g/mol. The largest absolute Gasteiger partial charge is 0.351 e. The molecule has 0 radical (unpaired) electrons. The van der Waals surface area contributed by atoms with Crippen LogP contribution in [-0.4, -0.2) is 27.2 Å². The molecule has 1 aromatic rings. The molecule has 0 aliphatic carbocycles. The van der Waals surface area contributed by atoms with Gasteiger partial charge < -0.3 is 5.32 Å². The predicted octanol–water partition coefficient (Wildman–Crippen LogP) is 2.24. The third-order valence-corrected chi connectivity index (χ3v) is 4.39. The lowest BCUT2D eigenvalue weighted by Gasteiger charge is -2.17. The summed E-state index contributed by atoms with van der Waals surface area (Å²) < 4.78 is 37.6. The van der Waals surface area contributed by atoms with Gasteiger partial charge in [0.2, 0.25) is 0 Å². The third kappa shape index (κ3) is 4.38. The van der Waals surface area contributed by atoms with Crippen molar-refractivity contribution in [2.24, 2.45) is 0 Å². The van der Waals surface area contributed by atoms with Crippen molar-refractivity contribution in [3.8, 4) is 0 Å². The Morgan fingerprint density at radius 1 is 1.32 bits per heavy atom. The summed E-state index contributed by atoms with van der Waals surface area (Å²) >= 11 is 0. The van der Waals surface area contributed by atoms with Crippen molar-refractivity contribution in [3.05, 3.63) is 35.4 Å². The first-order valence-electron chi connectivity index (χ1n) is 5.84. The average Bonchev–Trinajstić information content (AvgIpc) is 2.31. The second-order valence-electron chi connectivity index (χ2n) is 5.02. The molecular weight excluding hydrogens is 272 g/mol. The molecule has 0 bridgehead atoms. The number of nitrogens with one attached hydrogen (secondary N) is 1. The van der Waals surface area contributed by atoms with Crippen LogP contribution in [0.2, 0.25) is 0 Å². The number of amides is 1. The van der Waals surface area contributed by atoms with Crippen LogP contribution in [0.4, 0.5) is 8.78 Å². The molecule has 3 nitrogen and oxygen atoms in total. The summed E-state index contributed by atoms with van der Waals surface area (Å²) in [6, 6.07) is 3.41. The number of carbonyl (C=O) groups excluding carboxylic acids is 1. The van der Waals surface area contributed by atoms with Crippen LogP contribution in [0.5, 0.6) is 0 Å². The van der Waals surface area contributed by atoms with Crippen molar-refractivity contribution in [3.63, 3.8) is 0 Å². The molecule has 0 fully saturated rings. The fraction of sp³-hybridized carbons (Fsp3) is 0.462. The first kappa shape index (κ1) is 15.8. The zero-order chi connectivity index (χ0) is 14.6. The van der Waals surface area contributed by atoms with Crippen LogP contribution in [0.25, 0.3) is 0 Å². The van der Waals surface area contributed by atoms with Gasteiger partial charge in [-0.15, -0.1) is 0 Å². The van der Waals surface area contributed by atoms with Gasteiger partial charge in [-0.25, -0.2) is 8.78 Å². The Labute approximate surface area is 113 Å². The molecule has 106 valence electrons. The topological polar surface area (TPSA) is 46.2 Å². The summed E-state index contributed by atoms with van der Waals surface area (Å²) in [5, 5.41) is 2.43. The molecule has 19 heavy (non-hydrogen) atoms. The summed E-state index contributed by atoms with van der Waals surface area (Å²) in [6.45, 7) is 5.64. The van der Waals surface area contributed by atoms with Gasteiger partial charge in [0, 0.05) is 27.8 Å². The van der Waals surface area contributed by atoms with E-state index in [1.54, 1.807) is 0 Å². The second kappa shape index (κ2) is 6.23. The van der Waals surface area contributed by atoms with Crippen LogP contribution in [0, 0.1) is 11.6 Å². The molecule has 1 unspecified atom stereocenters. The van der Waals surface area contributed by atoms with Crippen LogP contribution in [0.1, 0.15) is 31.1 Å². The number of carbonyl (C=O) groups is 1. The molecule has 1 rings (SSSR count). The lowest BCUT2D eigenvalue weighted by atomic mass is 10.2. The van der Waals surface area contributed by atoms with E-state index in [2.05, 4.69) is 5.32 Å². The maximum atomic E-state index is 13.3. The summed E-state index contributed by atoms with van der Waals surface area (Å²) in [6.07, 6.45) is 0. The highest BCUT2D eigenvalue weighted by atomic mass is 32.2. The van der Waals surface area contributed by atoms with Gasteiger partial charge in [0.25, 0.3) is 5.91 Å². The van der Waals surface area contributed by atoms with Gasteiger partial charge in [-0.3, -0.25) is 9.00 Å². The van der Waals surface area contributed by atoms with Gasteiger partial charge in [-0.1, -0.05) is 6.07 Å². The molecule has 0 aliphatic rings. The summed E-state index contributed by atoms with van der Waals surface area (Å²) in [4.78, 5) is 11.6. The fourth-order valence-corrected chi connectivity index (χ4v) is 2.24. The smallest absolute Gasteiger partial charge is 0.254 e. The van der Waals surface area contributed by atoms with Crippen molar-refractivity contribution in [1.82, 2.24) is 5.32 Å². The quantitative estimate of drug-likeness (QED) is 0.924. The number of rotatable bonds is 4. The highest BCUT2D eigenvalue weighted by molar-refractivity contribution is 7.86. The first-order valence-corrected chi connectivity index (χ1v) is 7.16. The van der Waals surface area contributed by atoms with E-state index in [0.717, 1.165) is 6.07 Å². The van der Waals surface area contributed by atoms with Crippen molar-refractivity contribution in [2.75, 3.05) is 12.3 Å². The molecule has 0 saturated carbocycles. The monoisotopic (exact) mass is 289 g/mol. The highest BCUT2D eigenvalue weighted by Crippen LogP contribution is 2.12. The van der Waals surface area contributed by atoms with Crippen LogP contribution >= 0.6 is 0 Å². The fourth-order valence-electron chi connectivity index (χ4n) is 1.34. The highest BCUT2D eigenvalue weighted by Gasteiger charge is 2.20. The number of halogens is 2. The first-order chi connectivity index (χ1) is 8.73. The third-order valence-electron chi connectivity index (χ3n) is 2.45. The van der Waals surface area contributed by atoms with Gasteiger partial charge in [0.15, 0.2) is 11.6 Å². The zero-order valence-electron chi connectivity index (χ0n) is 11.1. The summed E-state index contributed by atoms with van der Waals surface area (Å²) in [5.74, 6) is -2.67. The second-order valence-corrected chi connectivity index (χ2v) is 7.34. The Hall–Kier alpha value is -1.30. The summed E-state index contributed by atoms with van der Waals surface area (Å²) in [7, 11) is -1.10. The van der Waals surface area contributed by atoms with Crippen LogP contribution < -0.4 is 5.32 Å². The van der Waals surface area contributed by atoms with Gasteiger partial charge in [0.05, 0.1) is 5.56 Å². The van der Waals surface area contributed by atoms with E-state index in [1.807, 2.05) is 20.8 Å². The van der Waals surface area contributed by atoms with E-state index in [0.29, 0.717) is 0 Å². The van der Waals surface area contributed by atoms with Gasteiger partial charge in [0.1, 0.15) is 0 Å². The van der Waals surface area contributed by atoms with E-state index in [1.165, 1.54) is 12.1 Å². The standard InChI is InChI=1S/C13H17F2NO2S/c1-13(2,3)19(18)8-7-16-12(17)9-5-4-6-10(14)11(9)15/h4-6H,7-8H2,1-3H3,(H,16,17). The van der Waals surface area contributed by atoms with E-state index in [9.17, 15) is 17.8 Å². The van der Waals surface area contributed by atoms with E-state index >= 15 is 0 Å². The Bertz CT molecular complexity index is 498. The normalized spacial score (nSPS) is 13.1. The Balaban J connectivity index is 2.58. The maximum Gasteiger partial charge on any atom is 0.254 e. The molecule has 1 aromatic carbocycles. The minimum Gasteiger partial charge on any atom is -0.351 e. The van der Waals surface area contributed by atoms with Gasteiger partial charge in [-0.05, 0) is 32.9 Å². The number of benzene rings is 1. The molecular formula is C13H17F2NO2S. The number of hydrogen-bond acceptors (Lipinski definition) is 2. The Morgan fingerprint density at radius 2 is 1.95 bits per heavy atom. The van der Waals surface area contributed by atoms with Crippen LogP contribution in [0.3, 0.4) is 0 Å². The molecule has 1 atom stereocenters. The minimum absolute atomic E-state index is 0.151. The molecule has 1 amide bonds. The maximum absolute atomic E-state index is 13.3. The Kier molecular flexibility index (Phi) is 5.17. The van der Waals surface area contributed by atoms with Gasteiger partial charge >= 0.3 is 0 Å². The molecule has 0 heterocycles. The van der Waals surface area contributed by atoms with E-state index < -0.39 is 28.3 Å². The molecule has 6 heteroatoms. The van der Waals surface area contributed by atoms with Gasteiger partial charge in [-0.2, -0.15) is 0 Å². The van der Waals surface area contributed by atoms with E-state index in [4.69, 9.17) is 0 Å². The molecule has 0 aliphatic heterocycles. The zero-order valence-corrected chi connectivity index (χ0v) is 11.9. The predicted molar refractivity (Wildman–Crippen MR) is 71.5 cm³/mol. The van der Waals surface area contributed by atoms with Crippen LogP contribution in [0.15, 0.2) is 18.2 Å². The Morgan fingerprint density at radius 3 is 2.53 bits per heavy atom. The molecule has 0 spiro atoms. The van der Waals surface area contributed by atoms with Crippen molar-refractivity contribution >= 4 is 16.7 Å². The number of hydrogen-bond donors (Lipinski definition) is 1. The SMILES string of the molecule is CC(C)(C)S(=O)CCNC(=O)c1cccc(F)c1F. The lowest BCUT2D eigenvalue weighted by Crippen LogP contribution is -2.33. The minimum atomic E-state index is -1.17. The van der Waals surface area contributed by atoms with Crippen molar-refractivity contribution < 1.29 is 17.8 Å². The van der Waals surface area contributed by atoms with Crippen LogP contribution in [-0.2, 0) is 10.8 Å². The van der Waals surface area contributed by atoms with Crippen molar-refractivity contribution in [2.45, 2.75) is 25.5 Å². The van der Waals surface area contributed by atoms with E-state index in [-0.39, 0.29) is 22.6 Å². The van der Waals surface area contributed by atoms with Crippen molar-refractivity contribution in [1.29, 1.82) is 0 Å².